The topological polar surface area (TPSA) is 105 Å². The molecule has 1 fully saturated rings. The van der Waals surface area contributed by atoms with Crippen LogP contribution in [0.5, 0.6) is 0 Å². The summed E-state index contributed by atoms with van der Waals surface area (Å²) < 4.78 is 22.5. The summed E-state index contributed by atoms with van der Waals surface area (Å²) in [7, 11) is -3.66. The van der Waals surface area contributed by atoms with Crippen LogP contribution in [0.1, 0.15) is 28.8 Å². The summed E-state index contributed by atoms with van der Waals surface area (Å²) >= 11 is 0. The molecule has 0 radical (unpaired) electrons. The van der Waals surface area contributed by atoms with Gasteiger partial charge in [0.1, 0.15) is 5.82 Å². The van der Waals surface area contributed by atoms with Gasteiger partial charge in [0.2, 0.25) is 10.0 Å². The number of benzene rings is 1. The minimum absolute atomic E-state index is 0.0477. The van der Waals surface area contributed by atoms with Crippen molar-refractivity contribution in [2.45, 2.75) is 24.2 Å². The van der Waals surface area contributed by atoms with Gasteiger partial charge in [-0.2, -0.15) is 0 Å². The van der Waals surface area contributed by atoms with Gasteiger partial charge in [-0.15, -0.1) is 0 Å². The zero-order valence-electron chi connectivity index (χ0n) is 14.4. The summed E-state index contributed by atoms with van der Waals surface area (Å²) in [6, 6.07) is 9.98. The molecule has 1 aromatic heterocycles. The number of hydrogen-bond donors (Lipinski definition) is 2. The number of aromatic nitrogens is 1. The van der Waals surface area contributed by atoms with Gasteiger partial charge in [0.25, 0.3) is 5.91 Å². The average molecular weight is 374 g/mol. The average Bonchev–Trinajstić information content (AvgIpc) is 3.16. The van der Waals surface area contributed by atoms with Crippen molar-refractivity contribution in [3.8, 4) is 0 Å². The molecule has 0 unspecified atom stereocenters. The van der Waals surface area contributed by atoms with E-state index < -0.39 is 10.0 Å². The van der Waals surface area contributed by atoms with Crippen LogP contribution in [0.25, 0.3) is 0 Å². The Morgan fingerprint density at radius 2 is 1.85 bits per heavy atom. The Bertz CT molecular complexity index is 876. The SMILES string of the molecule is NS(=O)(=O)c1ccc(CCNc2cc(C(=O)N3CCCC3)ccn2)cc1. The highest BCUT2D eigenvalue weighted by atomic mass is 32.2. The van der Waals surface area contributed by atoms with E-state index in [1.54, 1.807) is 30.5 Å². The first kappa shape index (κ1) is 18.3. The van der Waals surface area contributed by atoms with Crippen molar-refractivity contribution in [2.24, 2.45) is 5.14 Å². The predicted octanol–water partition coefficient (Wildman–Crippen LogP) is 1.62. The van der Waals surface area contributed by atoms with Crippen LogP contribution in [0.4, 0.5) is 5.82 Å². The zero-order chi connectivity index (χ0) is 18.6. The number of rotatable bonds is 6. The van der Waals surface area contributed by atoms with Crippen LogP contribution in [0.3, 0.4) is 0 Å². The number of pyridine rings is 1. The number of nitrogens with one attached hydrogen (secondary N) is 1. The molecule has 3 rings (SSSR count). The highest BCUT2D eigenvalue weighted by Crippen LogP contribution is 2.15. The number of amides is 1. The second kappa shape index (κ2) is 7.84. The molecule has 2 aromatic rings. The van der Waals surface area contributed by atoms with Gasteiger partial charge < -0.3 is 10.2 Å². The van der Waals surface area contributed by atoms with Crippen molar-refractivity contribution in [1.82, 2.24) is 9.88 Å². The second-order valence-corrected chi connectivity index (χ2v) is 7.86. The lowest BCUT2D eigenvalue weighted by Crippen LogP contribution is -2.27. The standard InChI is InChI=1S/C18H22N4O3S/c19-26(24,25)16-5-3-14(4-6-16)7-9-20-17-13-15(8-10-21-17)18(23)22-11-1-2-12-22/h3-6,8,10,13H,1-2,7,9,11-12H2,(H,20,21)(H2,19,24,25). The van der Waals surface area contributed by atoms with Crippen LogP contribution < -0.4 is 10.5 Å². The van der Waals surface area contributed by atoms with E-state index in [0.29, 0.717) is 24.3 Å². The van der Waals surface area contributed by atoms with Gasteiger partial charge in [-0.05, 0) is 49.1 Å². The van der Waals surface area contributed by atoms with Gasteiger partial charge in [0.15, 0.2) is 0 Å². The lowest BCUT2D eigenvalue weighted by molar-refractivity contribution is 0.0792. The molecule has 8 heteroatoms. The number of sulfonamides is 1. The summed E-state index contributed by atoms with van der Waals surface area (Å²) in [5.74, 6) is 0.697. The number of primary sulfonamides is 1. The van der Waals surface area contributed by atoms with Crippen molar-refractivity contribution >= 4 is 21.7 Å². The lowest BCUT2D eigenvalue weighted by atomic mass is 10.1. The van der Waals surface area contributed by atoms with E-state index in [-0.39, 0.29) is 10.8 Å². The van der Waals surface area contributed by atoms with Crippen molar-refractivity contribution < 1.29 is 13.2 Å². The molecule has 0 atom stereocenters. The minimum Gasteiger partial charge on any atom is -0.370 e. The van der Waals surface area contributed by atoms with E-state index in [1.165, 1.54) is 12.1 Å². The summed E-state index contributed by atoms with van der Waals surface area (Å²) in [4.78, 5) is 18.6. The molecular weight excluding hydrogens is 352 g/mol. The molecule has 0 saturated carbocycles. The molecule has 7 nitrogen and oxygen atoms in total. The molecule has 1 saturated heterocycles. The number of likely N-dealkylation sites (tertiary alicyclic amines) is 1. The highest BCUT2D eigenvalue weighted by molar-refractivity contribution is 7.89. The summed E-state index contributed by atoms with van der Waals surface area (Å²) in [5.41, 5.74) is 1.62. The molecule has 1 aliphatic rings. The number of nitrogens with zero attached hydrogens (tertiary/aromatic N) is 2. The van der Waals surface area contributed by atoms with Crippen molar-refractivity contribution in [2.75, 3.05) is 25.0 Å². The normalized spacial score (nSPS) is 14.4. The fourth-order valence-electron chi connectivity index (χ4n) is 2.94. The number of nitrogens with two attached hydrogens (primary N) is 1. The van der Waals surface area contributed by atoms with Crippen LogP contribution in [0.15, 0.2) is 47.5 Å². The van der Waals surface area contributed by atoms with E-state index in [2.05, 4.69) is 10.3 Å². The predicted molar refractivity (Wildman–Crippen MR) is 99.4 cm³/mol. The molecule has 0 aliphatic carbocycles. The van der Waals surface area contributed by atoms with Crippen molar-refractivity contribution in [3.05, 3.63) is 53.7 Å². The number of carbonyl (C=O) groups excluding carboxylic acids is 1. The fourth-order valence-corrected chi connectivity index (χ4v) is 3.46. The highest BCUT2D eigenvalue weighted by Gasteiger charge is 2.19. The Morgan fingerprint density at radius 1 is 1.15 bits per heavy atom. The lowest BCUT2D eigenvalue weighted by Gasteiger charge is -2.15. The van der Waals surface area contributed by atoms with E-state index in [0.717, 1.165) is 31.5 Å². The maximum atomic E-state index is 12.4. The molecule has 1 amide bonds. The number of carbonyl (C=O) groups is 1. The first-order valence-corrected chi connectivity index (χ1v) is 10.1. The van der Waals surface area contributed by atoms with Crippen molar-refractivity contribution in [3.63, 3.8) is 0 Å². The summed E-state index contributed by atoms with van der Waals surface area (Å²) in [5, 5.41) is 8.29. The molecule has 1 aromatic carbocycles. The first-order chi connectivity index (χ1) is 12.4. The summed E-state index contributed by atoms with van der Waals surface area (Å²) in [6.07, 6.45) is 4.45. The maximum absolute atomic E-state index is 12.4. The third-order valence-electron chi connectivity index (χ3n) is 4.37. The van der Waals surface area contributed by atoms with Gasteiger partial charge >= 0.3 is 0 Å². The smallest absolute Gasteiger partial charge is 0.254 e. The Labute approximate surface area is 153 Å². The van der Waals surface area contributed by atoms with Gasteiger partial charge in [-0.1, -0.05) is 12.1 Å². The monoisotopic (exact) mass is 374 g/mol. The molecule has 138 valence electrons. The van der Waals surface area contributed by atoms with E-state index >= 15 is 0 Å². The molecule has 3 N–H and O–H groups in total. The maximum Gasteiger partial charge on any atom is 0.254 e. The molecule has 2 heterocycles. The van der Waals surface area contributed by atoms with Gasteiger partial charge in [0, 0.05) is 31.4 Å². The zero-order valence-corrected chi connectivity index (χ0v) is 15.2. The molecule has 0 spiro atoms. The van der Waals surface area contributed by atoms with Gasteiger partial charge in [-0.3, -0.25) is 4.79 Å². The summed E-state index contributed by atoms with van der Waals surface area (Å²) in [6.45, 7) is 2.25. The Balaban J connectivity index is 1.56. The van der Waals surface area contributed by atoms with E-state index in [4.69, 9.17) is 5.14 Å². The Hall–Kier alpha value is -2.45. The quantitative estimate of drug-likeness (QED) is 0.799. The Kier molecular flexibility index (Phi) is 5.53. The fraction of sp³-hybridized carbons (Fsp3) is 0.333. The number of hydrogen-bond acceptors (Lipinski definition) is 5. The van der Waals surface area contributed by atoms with E-state index in [9.17, 15) is 13.2 Å². The first-order valence-electron chi connectivity index (χ1n) is 8.54. The van der Waals surface area contributed by atoms with Crippen LogP contribution >= 0.6 is 0 Å². The molecular formula is C18H22N4O3S. The van der Waals surface area contributed by atoms with Crippen LogP contribution in [-0.2, 0) is 16.4 Å². The van der Waals surface area contributed by atoms with Gasteiger partial charge in [0.05, 0.1) is 4.90 Å². The third kappa shape index (κ3) is 4.59. The van der Waals surface area contributed by atoms with Crippen LogP contribution in [0.2, 0.25) is 0 Å². The van der Waals surface area contributed by atoms with Crippen LogP contribution in [0, 0.1) is 0 Å². The molecule has 26 heavy (non-hydrogen) atoms. The molecule has 0 bridgehead atoms. The second-order valence-electron chi connectivity index (χ2n) is 6.29. The minimum atomic E-state index is -3.66. The molecule has 1 aliphatic heterocycles. The van der Waals surface area contributed by atoms with Crippen molar-refractivity contribution in [1.29, 1.82) is 0 Å². The van der Waals surface area contributed by atoms with E-state index in [1.807, 2.05) is 4.90 Å². The third-order valence-corrected chi connectivity index (χ3v) is 5.30. The van der Waals surface area contributed by atoms with Crippen LogP contribution in [-0.4, -0.2) is 43.8 Å². The Morgan fingerprint density at radius 3 is 2.50 bits per heavy atom. The largest absolute Gasteiger partial charge is 0.370 e. The number of anilines is 1. The van der Waals surface area contributed by atoms with Gasteiger partial charge in [-0.25, -0.2) is 18.5 Å².